The average molecular weight is 418 g/mol. The van der Waals surface area contributed by atoms with E-state index in [1.54, 1.807) is 18.2 Å². The molecule has 29 heavy (non-hydrogen) atoms. The summed E-state index contributed by atoms with van der Waals surface area (Å²) in [6.07, 6.45) is 2.13. The number of ether oxygens (including phenoxy) is 1. The predicted molar refractivity (Wildman–Crippen MR) is 115 cm³/mol. The van der Waals surface area contributed by atoms with Gasteiger partial charge in [0.2, 0.25) is 10.0 Å². The largest absolute Gasteiger partial charge is 0.494 e. The minimum absolute atomic E-state index is 0.214. The summed E-state index contributed by atoms with van der Waals surface area (Å²) in [5, 5.41) is 2.98. The van der Waals surface area contributed by atoms with Crippen molar-refractivity contribution in [2.75, 3.05) is 49.3 Å². The number of nitrogens with zero attached hydrogens (tertiary/aromatic N) is 2. The third-order valence-corrected chi connectivity index (χ3v) is 6.07. The van der Waals surface area contributed by atoms with Crippen molar-refractivity contribution in [1.29, 1.82) is 0 Å². The Kier molecular flexibility index (Phi) is 6.76. The van der Waals surface area contributed by atoms with Crippen LogP contribution >= 0.6 is 0 Å². The molecule has 3 rings (SSSR count). The molecule has 0 bridgehead atoms. The van der Waals surface area contributed by atoms with Crippen molar-refractivity contribution in [1.82, 2.24) is 4.31 Å². The number of para-hydroxylation sites is 2. The van der Waals surface area contributed by atoms with Gasteiger partial charge in [0.05, 0.1) is 24.2 Å². The maximum absolute atomic E-state index is 12.8. The third-order valence-electron chi connectivity index (χ3n) is 4.77. The molecule has 0 spiro atoms. The summed E-state index contributed by atoms with van der Waals surface area (Å²) in [6, 6.07) is 14.7. The van der Waals surface area contributed by atoms with Gasteiger partial charge in [-0.3, -0.25) is 4.79 Å². The first-order valence-corrected chi connectivity index (χ1v) is 11.6. The molecular formula is C21H27N3O4S. The minimum Gasteiger partial charge on any atom is -0.494 e. The highest BCUT2D eigenvalue weighted by molar-refractivity contribution is 7.88. The maximum Gasteiger partial charge on any atom is 0.255 e. The first kappa shape index (κ1) is 21.1. The molecule has 0 radical (unpaired) electrons. The van der Waals surface area contributed by atoms with E-state index >= 15 is 0 Å². The van der Waals surface area contributed by atoms with E-state index in [0.717, 1.165) is 12.1 Å². The zero-order valence-electron chi connectivity index (χ0n) is 16.8. The number of carbonyl (C=O) groups excluding carboxylic acids is 1. The van der Waals surface area contributed by atoms with E-state index in [1.807, 2.05) is 37.3 Å². The highest BCUT2D eigenvalue weighted by atomic mass is 32.2. The monoisotopic (exact) mass is 417 g/mol. The Bertz CT molecular complexity index is 954. The lowest BCUT2D eigenvalue weighted by atomic mass is 10.1. The lowest BCUT2D eigenvalue weighted by molar-refractivity contribution is 0.102. The molecule has 1 heterocycles. The number of carbonyl (C=O) groups is 1. The molecule has 8 heteroatoms. The van der Waals surface area contributed by atoms with Crippen LogP contribution < -0.4 is 15.0 Å². The van der Waals surface area contributed by atoms with E-state index in [2.05, 4.69) is 10.2 Å². The van der Waals surface area contributed by atoms with Gasteiger partial charge >= 0.3 is 0 Å². The van der Waals surface area contributed by atoms with Crippen LogP contribution in [0.15, 0.2) is 48.5 Å². The van der Waals surface area contributed by atoms with Gasteiger partial charge in [-0.05, 0) is 36.8 Å². The van der Waals surface area contributed by atoms with Crippen molar-refractivity contribution in [2.24, 2.45) is 0 Å². The van der Waals surface area contributed by atoms with Crippen LogP contribution in [0.5, 0.6) is 5.75 Å². The first-order valence-electron chi connectivity index (χ1n) is 9.72. The molecular weight excluding hydrogens is 390 g/mol. The maximum atomic E-state index is 12.8. The van der Waals surface area contributed by atoms with Crippen LogP contribution in [-0.2, 0) is 10.0 Å². The molecule has 0 unspecified atom stereocenters. The zero-order valence-corrected chi connectivity index (χ0v) is 17.6. The molecule has 1 saturated heterocycles. The fourth-order valence-corrected chi connectivity index (χ4v) is 4.08. The lowest BCUT2D eigenvalue weighted by Crippen LogP contribution is -2.48. The van der Waals surface area contributed by atoms with Gasteiger partial charge in [0.1, 0.15) is 5.75 Å². The number of anilines is 2. The second kappa shape index (κ2) is 9.28. The third kappa shape index (κ3) is 5.48. The molecule has 1 aliphatic heterocycles. The van der Waals surface area contributed by atoms with E-state index in [9.17, 15) is 13.2 Å². The Morgan fingerprint density at radius 1 is 1.07 bits per heavy atom. The summed E-state index contributed by atoms with van der Waals surface area (Å²) in [6.45, 7) is 4.63. The van der Waals surface area contributed by atoms with Gasteiger partial charge in [0.25, 0.3) is 5.91 Å². The highest BCUT2D eigenvalue weighted by Crippen LogP contribution is 2.27. The van der Waals surface area contributed by atoms with E-state index in [1.165, 1.54) is 10.6 Å². The Balaban J connectivity index is 1.72. The molecule has 1 fully saturated rings. The highest BCUT2D eigenvalue weighted by Gasteiger charge is 2.24. The number of hydrogen-bond acceptors (Lipinski definition) is 5. The molecule has 1 aliphatic rings. The Morgan fingerprint density at radius 2 is 1.79 bits per heavy atom. The van der Waals surface area contributed by atoms with Crippen LogP contribution in [0.3, 0.4) is 0 Å². The average Bonchev–Trinajstić information content (AvgIpc) is 2.72. The fraction of sp³-hybridized carbons (Fsp3) is 0.381. The molecule has 0 atom stereocenters. The van der Waals surface area contributed by atoms with Crippen molar-refractivity contribution in [3.8, 4) is 5.75 Å². The van der Waals surface area contributed by atoms with Crippen LogP contribution in [0.1, 0.15) is 23.7 Å². The molecule has 156 valence electrons. The van der Waals surface area contributed by atoms with Gasteiger partial charge < -0.3 is 15.0 Å². The van der Waals surface area contributed by atoms with Crippen LogP contribution in [0.4, 0.5) is 11.4 Å². The number of nitrogens with one attached hydrogen (secondary N) is 1. The van der Waals surface area contributed by atoms with Crippen LogP contribution in [-0.4, -0.2) is 57.7 Å². The molecule has 2 aromatic carbocycles. The lowest BCUT2D eigenvalue weighted by Gasteiger charge is -2.35. The van der Waals surface area contributed by atoms with Crippen molar-refractivity contribution in [2.45, 2.75) is 13.3 Å². The van der Waals surface area contributed by atoms with Crippen LogP contribution in [0.2, 0.25) is 0 Å². The molecule has 1 amide bonds. The Hall–Kier alpha value is -2.58. The second-order valence-corrected chi connectivity index (χ2v) is 8.98. The van der Waals surface area contributed by atoms with Crippen molar-refractivity contribution < 1.29 is 17.9 Å². The molecule has 1 N–H and O–H groups in total. The molecule has 2 aromatic rings. The standard InChI is InChI=1S/C21H27N3O4S/c1-3-15-28-18-8-6-7-17(16-18)21(25)22-19-9-4-5-10-20(19)23-11-13-24(14-12-23)29(2,26)27/h4-10,16H,3,11-15H2,1-2H3,(H,22,25). The van der Waals surface area contributed by atoms with Crippen molar-refractivity contribution >= 4 is 27.3 Å². The van der Waals surface area contributed by atoms with Gasteiger partial charge in [0, 0.05) is 31.7 Å². The number of hydrogen-bond donors (Lipinski definition) is 1. The summed E-state index contributed by atoms with van der Waals surface area (Å²) in [7, 11) is -3.18. The van der Waals surface area contributed by atoms with Crippen LogP contribution in [0, 0.1) is 0 Å². The number of piperazine rings is 1. The summed E-state index contributed by atoms with van der Waals surface area (Å²) >= 11 is 0. The summed E-state index contributed by atoms with van der Waals surface area (Å²) in [5.41, 5.74) is 2.10. The van der Waals surface area contributed by atoms with Crippen LogP contribution in [0.25, 0.3) is 0 Å². The molecule has 7 nitrogen and oxygen atoms in total. The number of amides is 1. The molecule has 0 aliphatic carbocycles. The number of sulfonamides is 1. The first-order chi connectivity index (χ1) is 13.9. The Labute approximate surface area is 172 Å². The fourth-order valence-electron chi connectivity index (χ4n) is 3.26. The van der Waals surface area contributed by atoms with Gasteiger partial charge in [0.15, 0.2) is 0 Å². The quantitative estimate of drug-likeness (QED) is 0.749. The van der Waals surface area contributed by atoms with Gasteiger partial charge in [-0.15, -0.1) is 0 Å². The van der Waals surface area contributed by atoms with E-state index in [0.29, 0.717) is 49.8 Å². The minimum atomic E-state index is -3.18. The topological polar surface area (TPSA) is 79.0 Å². The Morgan fingerprint density at radius 3 is 2.48 bits per heavy atom. The number of rotatable bonds is 7. The summed E-state index contributed by atoms with van der Waals surface area (Å²) in [5.74, 6) is 0.457. The smallest absolute Gasteiger partial charge is 0.255 e. The molecule has 0 saturated carbocycles. The van der Waals surface area contributed by atoms with E-state index < -0.39 is 10.0 Å². The van der Waals surface area contributed by atoms with Crippen molar-refractivity contribution in [3.63, 3.8) is 0 Å². The summed E-state index contributed by atoms with van der Waals surface area (Å²) in [4.78, 5) is 14.9. The SMILES string of the molecule is CCCOc1cccc(C(=O)Nc2ccccc2N2CCN(S(C)(=O)=O)CC2)c1. The number of benzene rings is 2. The normalized spacial score (nSPS) is 15.2. The van der Waals surface area contributed by atoms with Gasteiger partial charge in [-0.25, -0.2) is 8.42 Å². The molecule has 0 aromatic heterocycles. The van der Waals surface area contributed by atoms with Crippen molar-refractivity contribution in [3.05, 3.63) is 54.1 Å². The van der Waals surface area contributed by atoms with Gasteiger partial charge in [-0.2, -0.15) is 4.31 Å². The summed E-state index contributed by atoms with van der Waals surface area (Å²) < 4.78 is 30.6. The van der Waals surface area contributed by atoms with E-state index in [4.69, 9.17) is 4.74 Å². The zero-order chi connectivity index (χ0) is 20.9. The van der Waals surface area contributed by atoms with E-state index in [-0.39, 0.29) is 5.91 Å². The second-order valence-electron chi connectivity index (χ2n) is 7.00. The van der Waals surface area contributed by atoms with Gasteiger partial charge in [-0.1, -0.05) is 25.1 Å². The predicted octanol–water partition coefficient (Wildman–Crippen LogP) is 2.81.